The van der Waals surface area contributed by atoms with Crippen molar-refractivity contribution >= 4 is 0 Å². The fraction of sp³-hybridized carbons (Fsp3) is 0.571. The molecule has 0 aliphatic rings. The molecule has 2 nitrogen and oxygen atoms in total. The third-order valence-electron chi connectivity index (χ3n) is 2.45. The Labute approximate surface area is 98.7 Å². The maximum atomic E-state index is 9.55. The van der Waals surface area contributed by atoms with Gasteiger partial charge in [0.05, 0.1) is 5.60 Å². The molecule has 0 unspecified atom stereocenters. The average molecular weight is 221 g/mol. The quantitative estimate of drug-likeness (QED) is 0.773. The zero-order valence-electron chi connectivity index (χ0n) is 10.6. The molecule has 0 aromatic heterocycles. The fourth-order valence-electron chi connectivity index (χ4n) is 1.63. The molecule has 90 valence electrons. The maximum absolute atomic E-state index is 9.55. The van der Waals surface area contributed by atoms with Crippen molar-refractivity contribution in [3.63, 3.8) is 0 Å². The number of nitrogens with one attached hydrogen (secondary N) is 1. The SMILES string of the molecule is CCCc1ccc(CNCC(C)(C)O)cc1. The minimum absolute atomic E-state index is 0.615. The summed E-state index contributed by atoms with van der Waals surface area (Å²) in [7, 11) is 0. The molecule has 16 heavy (non-hydrogen) atoms. The number of rotatable bonds is 6. The van der Waals surface area contributed by atoms with Crippen LogP contribution in [0.2, 0.25) is 0 Å². The van der Waals surface area contributed by atoms with Gasteiger partial charge in [0.15, 0.2) is 0 Å². The summed E-state index contributed by atoms with van der Waals surface area (Å²) in [6.07, 6.45) is 2.34. The molecule has 0 aliphatic heterocycles. The lowest BCUT2D eigenvalue weighted by Gasteiger charge is -2.17. The van der Waals surface area contributed by atoms with Gasteiger partial charge in [0.25, 0.3) is 0 Å². The van der Waals surface area contributed by atoms with Crippen LogP contribution in [0, 0.1) is 0 Å². The molecule has 0 spiro atoms. The highest BCUT2D eigenvalue weighted by atomic mass is 16.3. The molecular formula is C14H23NO. The minimum Gasteiger partial charge on any atom is -0.389 e. The normalized spacial score (nSPS) is 11.8. The number of hydrogen-bond donors (Lipinski definition) is 2. The van der Waals surface area contributed by atoms with E-state index in [9.17, 15) is 5.11 Å². The fourth-order valence-corrected chi connectivity index (χ4v) is 1.63. The van der Waals surface area contributed by atoms with E-state index in [0.717, 1.165) is 13.0 Å². The molecule has 1 aromatic rings. The van der Waals surface area contributed by atoms with E-state index in [4.69, 9.17) is 0 Å². The smallest absolute Gasteiger partial charge is 0.0715 e. The van der Waals surface area contributed by atoms with Gasteiger partial charge in [-0.05, 0) is 31.4 Å². The second-order valence-corrected chi connectivity index (χ2v) is 4.98. The molecule has 1 aromatic carbocycles. The van der Waals surface area contributed by atoms with Gasteiger partial charge in [-0.15, -0.1) is 0 Å². The van der Waals surface area contributed by atoms with Crippen molar-refractivity contribution in [3.8, 4) is 0 Å². The van der Waals surface area contributed by atoms with Gasteiger partial charge in [-0.25, -0.2) is 0 Å². The van der Waals surface area contributed by atoms with Crippen molar-refractivity contribution < 1.29 is 5.11 Å². The molecule has 0 radical (unpaired) electrons. The Morgan fingerprint density at radius 3 is 2.19 bits per heavy atom. The molecule has 0 bridgehead atoms. The van der Waals surface area contributed by atoms with Gasteiger partial charge in [-0.2, -0.15) is 0 Å². The Morgan fingerprint density at radius 2 is 1.69 bits per heavy atom. The number of benzene rings is 1. The van der Waals surface area contributed by atoms with Crippen LogP contribution in [0.1, 0.15) is 38.3 Å². The zero-order chi connectivity index (χ0) is 12.0. The van der Waals surface area contributed by atoms with Gasteiger partial charge < -0.3 is 10.4 Å². The first-order chi connectivity index (χ1) is 7.51. The Hall–Kier alpha value is -0.860. The van der Waals surface area contributed by atoms with Gasteiger partial charge in [-0.3, -0.25) is 0 Å². The van der Waals surface area contributed by atoms with Crippen LogP contribution >= 0.6 is 0 Å². The molecule has 2 heteroatoms. The topological polar surface area (TPSA) is 32.3 Å². The summed E-state index contributed by atoms with van der Waals surface area (Å²) in [5, 5.41) is 12.8. The maximum Gasteiger partial charge on any atom is 0.0715 e. The van der Waals surface area contributed by atoms with Crippen LogP contribution in [0.3, 0.4) is 0 Å². The molecule has 0 heterocycles. The van der Waals surface area contributed by atoms with Gasteiger partial charge >= 0.3 is 0 Å². The van der Waals surface area contributed by atoms with E-state index in [1.54, 1.807) is 0 Å². The number of aryl methyl sites for hydroxylation is 1. The minimum atomic E-state index is -0.637. The lowest BCUT2D eigenvalue weighted by Crippen LogP contribution is -2.34. The van der Waals surface area contributed by atoms with Crippen LogP contribution in [0.5, 0.6) is 0 Å². The summed E-state index contributed by atoms with van der Waals surface area (Å²) < 4.78 is 0. The van der Waals surface area contributed by atoms with Crippen molar-refractivity contribution in [1.82, 2.24) is 5.32 Å². The average Bonchev–Trinajstić information content (AvgIpc) is 2.19. The third-order valence-corrected chi connectivity index (χ3v) is 2.45. The van der Waals surface area contributed by atoms with E-state index in [0.29, 0.717) is 6.54 Å². The largest absolute Gasteiger partial charge is 0.389 e. The highest BCUT2D eigenvalue weighted by Gasteiger charge is 2.10. The Kier molecular flexibility index (Phi) is 4.97. The summed E-state index contributed by atoms with van der Waals surface area (Å²) >= 11 is 0. The van der Waals surface area contributed by atoms with E-state index in [1.165, 1.54) is 17.5 Å². The first-order valence-corrected chi connectivity index (χ1v) is 6.02. The molecule has 0 atom stereocenters. The molecule has 0 saturated heterocycles. The summed E-state index contributed by atoms with van der Waals surface area (Å²) in [5.41, 5.74) is 2.03. The van der Waals surface area contributed by atoms with Crippen molar-refractivity contribution in [2.45, 2.75) is 45.8 Å². The van der Waals surface area contributed by atoms with Crippen LogP contribution in [0.4, 0.5) is 0 Å². The van der Waals surface area contributed by atoms with Gasteiger partial charge in [-0.1, -0.05) is 37.6 Å². The second-order valence-electron chi connectivity index (χ2n) is 4.98. The lowest BCUT2D eigenvalue weighted by atomic mass is 10.1. The molecular weight excluding hydrogens is 198 g/mol. The molecule has 0 saturated carbocycles. The van der Waals surface area contributed by atoms with E-state index >= 15 is 0 Å². The number of aliphatic hydroxyl groups is 1. The number of hydrogen-bond acceptors (Lipinski definition) is 2. The Morgan fingerprint density at radius 1 is 1.12 bits per heavy atom. The standard InChI is InChI=1S/C14H23NO/c1-4-5-12-6-8-13(9-7-12)10-15-11-14(2,3)16/h6-9,15-16H,4-5,10-11H2,1-3H3. The monoisotopic (exact) mass is 221 g/mol. The summed E-state index contributed by atoms with van der Waals surface area (Å²) in [5.74, 6) is 0. The summed E-state index contributed by atoms with van der Waals surface area (Å²) in [4.78, 5) is 0. The van der Waals surface area contributed by atoms with Crippen molar-refractivity contribution in [2.75, 3.05) is 6.54 Å². The summed E-state index contributed by atoms with van der Waals surface area (Å²) in [6, 6.07) is 8.68. The first kappa shape index (κ1) is 13.2. The third kappa shape index (κ3) is 5.29. The zero-order valence-corrected chi connectivity index (χ0v) is 10.6. The van der Waals surface area contributed by atoms with Crippen LogP contribution in [-0.4, -0.2) is 17.3 Å². The Balaban J connectivity index is 2.37. The van der Waals surface area contributed by atoms with E-state index in [1.807, 2.05) is 13.8 Å². The van der Waals surface area contributed by atoms with Crippen molar-refractivity contribution in [3.05, 3.63) is 35.4 Å². The van der Waals surface area contributed by atoms with Gasteiger partial charge in [0.2, 0.25) is 0 Å². The summed E-state index contributed by atoms with van der Waals surface area (Å²) in [6.45, 7) is 7.24. The van der Waals surface area contributed by atoms with Crippen molar-refractivity contribution in [2.24, 2.45) is 0 Å². The van der Waals surface area contributed by atoms with Crippen LogP contribution in [0.25, 0.3) is 0 Å². The van der Waals surface area contributed by atoms with Gasteiger partial charge in [0.1, 0.15) is 0 Å². The molecule has 0 aliphatic carbocycles. The predicted molar refractivity (Wildman–Crippen MR) is 68.4 cm³/mol. The van der Waals surface area contributed by atoms with Gasteiger partial charge in [0, 0.05) is 13.1 Å². The molecule has 0 amide bonds. The highest BCUT2D eigenvalue weighted by Crippen LogP contribution is 2.07. The van der Waals surface area contributed by atoms with E-state index < -0.39 is 5.60 Å². The van der Waals surface area contributed by atoms with Crippen LogP contribution < -0.4 is 5.32 Å². The predicted octanol–water partition coefficient (Wildman–Crippen LogP) is 2.50. The second kappa shape index (κ2) is 6.02. The Bertz CT molecular complexity index is 298. The molecule has 1 rings (SSSR count). The van der Waals surface area contributed by atoms with Crippen molar-refractivity contribution in [1.29, 1.82) is 0 Å². The molecule has 0 fully saturated rings. The highest BCUT2D eigenvalue weighted by molar-refractivity contribution is 5.22. The van der Waals surface area contributed by atoms with E-state index in [-0.39, 0.29) is 0 Å². The molecule has 2 N–H and O–H groups in total. The van der Waals surface area contributed by atoms with Crippen LogP contribution in [-0.2, 0) is 13.0 Å². The van der Waals surface area contributed by atoms with Crippen LogP contribution in [0.15, 0.2) is 24.3 Å². The first-order valence-electron chi connectivity index (χ1n) is 6.02. The van der Waals surface area contributed by atoms with E-state index in [2.05, 4.69) is 36.5 Å². The lowest BCUT2D eigenvalue weighted by molar-refractivity contribution is 0.0795.